The highest BCUT2D eigenvalue weighted by atomic mass is 16.5. The minimum Gasteiger partial charge on any atom is -0.456 e. The van der Waals surface area contributed by atoms with Crippen molar-refractivity contribution >= 4 is 60.0 Å². The van der Waals surface area contributed by atoms with Gasteiger partial charge in [0.25, 0.3) is 5.82 Å². The van der Waals surface area contributed by atoms with Gasteiger partial charge in [-0.05, 0) is 59.3 Å². The number of nitrogens with zero attached hydrogens (tertiary/aromatic N) is 5. The Bertz CT molecular complexity index is 2790. The van der Waals surface area contributed by atoms with E-state index in [4.69, 9.17) is 9.72 Å². The molecule has 0 radical (unpaired) electrons. The summed E-state index contributed by atoms with van der Waals surface area (Å²) in [7, 11) is 0. The Balaban J connectivity index is 1.48. The Morgan fingerprint density at radius 3 is 2.26 bits per heavy atom. The third-order valence-corrected chi connectivity index (χ3v) is 9.91. The number of aromatic nitrogens is 5. The third kappa shape index (κ3) is 1.82. The van der Waals surface area contributed by atoms with Crippen molar-refractivity contribution < 1.29 is 14.0 Å². The SMILES string of the molecule is c1cc[n+]2c(c1)-n1c3ccccc3c3ccc4c(c31)C21c2c(ccc3c5cccnc5c5c6ccccc6[n+]1n5c23)O4. The molecule has 0 fully saturated rings. The standard InChI is InChI=1S/C36H19N5O/c1-3-11-25-20(8-1)22-14-16-27-30-33(22)39(25)29-13-5-6-19-38(29)36(30)31-28(42-27)17-15-23-21-10-7-18-37-32(21)35-24-9-2-4-12-26(24)41(36)40(35)34(23)31/h1-19H/q+2. The van der Waals surface area contributed by atoms with Crippen LogP contribution in [-0.4, -0.2) is 14.1 Å². The highest BCUT2D eigenvalue weighted by Crippen LogP contribution is 2.56. The van der Waals surface area contributed by atoms with Crippen LogP contribution in [-0.2, 0) is 5.66 Å². The minimum absolute atomic E-state index is 0.714. The highest BCUT2D eigenvalue weighted by Gasteiger charge is 2.68. The summed E-state index contributed by atoms with van der Waals surface area (Å²) in [5, 5.41) is 6.00. The molecule has 0 amide bonds. The molecule has 8 heterocycles. The topological polar surface area (TPSA) is 39.2 Å². The summed E-state index contributed by atoms with van der Waals surface area (Å²) in [6.45, 7) is 0. The van der Waals surface area contributed by atoms with Gasteiger partial charge >= 0.3 is 5.66 Å². The second kappa shape index (κ2) is 6.26. The number of hydrogen-bond donors (Lipinski definition) is 0. The number of pyridine rings is 3. The Morgan fingerprint density at radius 2 is 1.36 bits per heavy atom. The van der Waals surface area contributed by atoms with Crippen LogP contribution in [0.25, 0.3) is 65.8 Å². The zero-order chi connectivity index (χ0) is 26.9. The first-order valence-corrected chi connectivity index (χ1v) is 14.3. The van der Waals surface area contributed by atoms with E-state index in [2.05, 4.69) is 122 Å². The van der Waals surface area contributed by atoms with Crippen molar-refractivity contribution in [1.82, 2.24) is 14.1 Å². The van der Waals surface area contributed by atoms with Gasteiger partial charge in [-0.15, -0.1) is 4.52 Å². The van der Waals surface area contributed by atoms with Crippen molar-refractivity contribution in [3.63, 3.8) is 0 Å². The van der Waals surface area contributed by atoms with Gasteiger partial charge in [-0.25, -0.2) is 0 Å². The van der Waals surface area contributed by atoms with E-state index in [1.807, 2.05) is 12.3 Å². The molecular formula is C36H19N5O+2. The van der Waals surface area contributed by atoms with Gasteiger partial charge in [0.15, 0.2) is 16.6 Å². The highest BCUT2D eigenvalue weighted by molar-refractivity contribution is 6.18. The molecule has 0 aliphatic carbocycles. The number of ether oxygens (including phenoxy) is 1. The fourth-order valence-corrected chi connectivity index (χ4v) is 8.57. The van der Waals surface area contributed by atoms with E-state index in [1.165, 1.54) is 49.2 Å². The van der Waals surface area contributed by atoms with Crippen LogP contribution in [0.5, 0.6) is 11.5 Å². The summed E-state index contributed by atoms with van der Waals surface area (Å²) in [6.07, 6.45) is 4.15. The predicted octanol–water partition coefficient (Wildman–Crippen LogP) is 6.50. The van der Waals surface area contributed by atoms with Crippen molar-refractivity contribution in [1.29, 1.82) is 0 Å². The first kappa shape index (κ1) is 20.2. The van der Waals surface area contributed by atoms with Gasteiger partial charge in [-0.2, -0.15) is 9.13 Å². The van der Waals surface area contributed by atoms with Crippen LogP contribution < -0.4 is 14.0 Å². The lowest BCUT2D eigenvalue weighted by Gasteiger charge is -2.33. The van der Waals surface area contributed by atoms with Crippen LogP contribution in [0.4, 0.5) is 0 Å². The molecule has 0 bridgehead atoms. The average molecular weight is 538 g/mol. The maximum Gasteiger partial charge on any atom is 0.398 e. The molecule has 42 heavy (non-hydrogen) atoms. The minimum atomic E-state index is -0.714. The molecule has 6 heteroatoms. The number of rotatable bonds is 0. The van der Waals surface area contributed by atoms with Crippen molar-refractivity contribution in [2.45, 2.75) is 5.66 Å². The Morgan fingerprint density at radius 1 is 0.619 bits per heavy atom. The van der Waals surface area contributed by atoms with Crippen molar-refractivity contribution in [2.75, 3.05) is 0 Å². The number of benzene rings is 4. The van der Waals surface area contributed by atoms with E-state index in [0.29, 0.717) is 0 Å². The molecule has 1 spiro atoms. The van der Waals surface area contributed by atoms with Crippen molar-refractivity contribution in [3.05, 3.63) is 127 Å². The van der Waals surface area contributed by atoms with Gasteiger partial charge in [-0.3, -0.25) is 4.98 Å². The summed E-state index contributed by atoms with van der Waals surface area (Å²) in [6, 6.07) is 37.1. The van der Waals surface area contributed by atoms with Crippen LogP contribution in [0.2, 0.25) is 0 Å². The quantitative estimate of drug-likeness (QED) is 0.164. The fraction of sp³-hybridized carbons (Fsp3) is 0.0278. The normalized spacial score (nSPS) is 17.3. The molecule has 4 aromatic carbocycles. The second-order valence-electron chi connectivity index (χ2n) is 11.6. The number of fused-ring (bicyclic) bond motifs is 11. The molecule has 12 rings (SSSR count). The molecule has 1 unspecified atom stereocenters. The van der Waals surface area contributed by atoms with Crippen LogP contribution >= 0.6 is 0 Å². The largest absolute Gasteiger partial charge is 0.456 e. The number of para-hydroxylation sites is 2. The first-order valence-electron chi connectivity index (χ1n) is 14.3. The molecule has 0 N–H and O–H groups in total. The van der Waals surface area contributed by atoms with E-state index in [1.54, 1.807) is 0 Å². The van der Waals surface area contributed by atoms with Gasteiger partial charge in [0.2, 0.25) is 5.52 Å². The summed E-state index contributed by atoms with van der Waals surface area (Å²) in [5.74, 6) is 2.91. The lowest BCUT2D eigenvalue weighted by atomic mass is 9.83. The monoisotopic (exact) mass is 537 g/mol. The lowest BCUT2D eigenvalue weighted by molar-refractivity contribution is -0.980. The van der Waals surface area contributed by atoms with Gasteiger partial charge in [-0.1, -0.05) is 36.4 Å². The van der Waals surface area contributed by atoms with Crippen molar-refractivity contribution in [3.8, 4) is 17.3 Å². The van der Waals surface area contributed by atoms with Crippen LogP contribution in [0.15, 0.2) is 116 Å². The molecule has 3 aliphatic rings. The summed E-state index contributed by atoms with van der Waals surface area (Å²) in [4.78, 5) is 4.99. The smallest absolute Gasteiger partial charge is 0.398 e. The molecule has 3 aliphatic heterocycles. The molecule has 9 aromatic rings. The molecule has 0 saturated heterocycles. The third-order valence-electron chi connectivity index (χ3n) is 9.91. The van der Waals surface area contributed by atoms with E-state index >= 15 is 0 Å². The maximum atomic E-state index is 6.89. The van der Waals surface area contributed by atoms with Crippen LogP contribution in [0.1, 0.15) is 11.1 Å². The van der Waals surface area contributed by atoms with Crippen LogP contribution in [0, 0.1) is 0 Å². The van der Waals surface area contributed by atoms with Gasteiger partial charge in [0.05, 0.1) is 11.6 Å². The maximum absolute atomic E-state index is 6.89. The summed E-state index contributed by atoms with van der Waals surface area (Å²) in [5.41, 5.74) is 8.50. The Kier molecular flexibility index (Phi) is 3.01. The molecular weight excluding hydrogens is 518 g/mol. The average Bonchev–Trinajstić information content (AvgIpc) is 3.68. The molecule has 192 valence electrons. The van der Waals surface area contributed by atoms with Gasteiger partial charge in [0, 0.05) is 39.9 Å². The Labute approximate surface area is 237 Å². The Hall–Kier alpha value is -5.75. The summed E-state index contributed by atoms with van der Waals surface area (Å²) < 4.78 is 16.8. The fourth-order valence-electron chi connectivity index (χ4n) is 8.57. The molecule has 0 saturated carbocycles. The van der Waals surface area contributed by atoms with Crippen LogP contribution in [0.3, 0.4) is 0 Å². The number of hydrogen-bond acceptors (Lipinski definition) is 2. The zero-order valence-corrected chi connectivity index (χ0v) is 22.1. The van der Waals surface area contributed by atoms with Gasteiger partial charge in [0.1, 0.15) is 33.6 Å². The zero-order valence-electron chi connectivity index (χ0n) is 22.1. The molecule has 5 aromatic heterocycles. The van der Waals surface area contributed by atoms with E-state index < -0.39 is 5.66 Å². The van der Waals surface area contributed by atoms with E-state index in [9.17, 15) is 0 Å². The lowest BCUT2D eigenvalue weighted by Crippen LogP contribution is -2.76. The first-order chi connectivity index (χ1) is 20.9. The molecule has 1 atom stereocenters. The molecule has 6 nitrogen and oxygen atoms in total. The van der Waals surface area contributed by atoms with Crippen molar-refractivity contribution in [2.24, 2.45) is 0 Å². The van der Waals surface area contributed by atoms with Gasteiger partial charge < -0.3 is 4.74 Å². The predicted molar refractivity (Wildman–Crippen MR) is 161 cm³/mol. The van der Waals surface area contributed by atoms with E-state index in [-0.39, 0.29) is 0 Å². The summed E-state index contributed by atoms with van der Waals surface area (Å²) >= 11 is 0. The second-order valence-corrected chi connectivity index (χ2v) is 11.6. The van der Waals surface area contributed by atoms with E-state index in [0.717, 1.165) is 39.3 Å².